The lowest BCUT2D eigenvalue weighted by molar-refractivity contribution is -0.134. The van der Waals surface area contributed by atoms with Crippen molar-refractivity contribution >= 4 is 11.7 Å². The minimum atomic E-state index is 0.0847. The maximum absolute atomic E-state index is 12.4. The minimum absolute atomic E-state index is 0.0847. The molecule has 1 atom stereocenters. The molecule has 7 heteroatoms. The SMILES string of the molecule is C[C@H]1CN(C)CCN1C(=O)Cc1nc2ncccn2n1. The molecule has 0 unspecified atom stereocenters. The van der Waals surface area contributed by atoms with E-state index in [0.29, 0.717) is 11.6 Å². The van der Waals surface area contributed by atoms with Gasteiger partial charge in [0.1, 0.15) is 0 Å². The van der Waals surface area contributed by atoms with Gasteiger partial charge in [-0.05, 0) is 20.0 Å². The van der Waals surface area contributed by atoms with Gasteiger partial charge in [0.15, 0.2) is 5.82 Å². The topological polar surface area (TPSA) is 66.6 Å². The van der Waals surface area contributed by atoms with Crippen LogP contribution in [0, 0.1) is 0 Å². The lowest BCUT2D eigenvalue weighted by atomic mass is 10.2. The van der Waals surface area contributed by atoms with Crippen LogP contribution in [0.25, 0.3) is 5.78 Å². The zero-order valence-electron chi connectivity index (χ0n) is 11.7. The summed E-state index contributed by atoms with van der Waals surface area (Å²) in [4.78, 5) is 24.9. The van der Waals surface area contributed by atoms with Crippen LogP contribution in [0.1, 0.15) is 12.7 Å². The van der Waals surface area contributed by atoms with Gasteiger partial charge in [-0.2, -0.15) is 4.98 Å². The molecule has 0 aromatic carbocycles. The molecule has 3 rings (SSSR count). The summed E-state index contributed by atoms with van der Waals surface area (Å²) in [5, 5.41) is 4.27. The highest BCUT2D eigenvalue weighted by Gasteiger charge is 2.26. The number of hydrogen-bond donors (Lipinski definition) is 0. The Morgan fingerprint density at radius 2 is 2.30 bits per heavy atom. The second-order valence-corrected chi connectivity index (χ2v) is 5.27. The zero-order chi connectivity index (χ0) is 14.1. The van der Waals surface area contributed by atoms with Crippen LogP contribution >= 0.6 is 0 Å². The Hall–Kier alpha value is -2.02. The summed E-state index contributed by atoms with van der Waals surface area (Å²) in [5.41, 5.74) is 0. The van der Waals surface area contributed by atoms with Gasteiger partial charge in [0.05, 0.1) is 6.42 Å². The van der Waals surface area contributed by atoms with Gasteiger partial charge in [-0.25, -0.2) is 9.50 Å². The van der Waals surface area contributed by atoms with Crippen molar-refractivity contribution in [2.75, 3.05) is 26.7 Å². The van der Waals surface area contributed by atoms with Crippen molar-refractivity contribution in [1.29, 1.82) is 0 Å². The van der Waals surface area contributed by atoms with Crippen molar-refractivity contribution in [2.24, 2.45) is 0 Å². The van der Waals surface area contributed by atoms with E-state index in [9.17, 15) is 4.79 Å². The van der Waals surface area contributed by atoms with E-state index in [1.54, 1.807) is 23.0 Å². The first-order chi connectivity index (χ1) is 9.63. The molecule has 0 radical (unpaired) electrons. The molecule has 1 amide bonds. The second kappa shape index (κ2) is 5.16. The van der Waals surface area contributed by atoms with Crippen molar-refractivity contribution in [3.8, 4) is 0 Å². The Morgan fingerprint density at radius 1 is 1.45 bits per heavy atom. The third-order valence-corrected chi connectivity index (χ3v) is 3.62. The quantitative estimate of drug-likeness (QED) is 0.760. The fourth-order valence-electron chi connectivity index (χ4n) is 2.60. The Morgan fingerprint density at radius 3 is 3.05 bits per heavy atom. The van der Waals surface area contributed by atoms with Crippen LogP contribution in [-0.2, 0) is 11.2 Å². The monoisotopic (exact) mass is 274 g/mol. The summed E-state index contributed by atoms with van der Waals surface area (Å²) in [6.07, 6.45) is 3.68. The molecule has 1 fully saturated rings. The summed E-state index contributed by atoms with van der Waals surface area (Å²) >= 11 is 0. The molecule has 7 nitrogen and oxygen atoms in total. The van der Waals surface area contributed by atoms with Crippen molar-refractivity contribution < 1.29 is 4.79 Å². The summed E-state index contributed by atoms with van der Waals surface area (Å²) in [5.74, 6) is 1.14. The summed E-state index contributed by atoms with van der Waals surface area (Å²) < 4.78 is 1.59. The van der Waals surface area contributed by atoms with Gasteiger partial charge in [0.25, 0.3) is 5.78 Å². The van der Waals surface area contributed by atoms with Crippen LogP contribution < -0.4 is 0 Å². The van der Waals surface area contributed by atoms with E-state index in [2.05, 4.69) is 33.9 Å². The van der Waals surface area contributed by atoms with E-state index in [-0.39, 0.29) is 18.4 Å². The van der Waals surface area contributed by atoms with E-state index < -0.39 is 0 Å². The first-order valence-electron chi connectivity index (χ1n) is 6.78. The van der Waals surface area contributed by atoms with Gasteiger partial charge < -0.3 is 9.80 Å². The fraction of sp³-hybridized carbons (Fsp3) is 0.538. The van der Waals surface area contributed by atoms with Crippen molar-refractivity contribution in [3.63, 3.8) is 0 Å². The number of piperazine rings is 1. The number of nitrogens with zero attached hydrogens (tertiary/aromatic N) is 6. The van der Waals surface area contributed by atoms with Crippen LogP contribution in [0.15, 0.2) is 18.5 Å². The molecular formula is C13H18N6O. The van der Waals surface area contributed by atoms with Crippen LogP contribution in [0.5, 0.6) is 0 Å². The molecule has 1 saturated heterocycles. The number of likely N-dealkylation sites (N-methyl/N-ethyl adjacent to an activating group) is 1. The van der Waals surface area contributed by atoms with Gasteiger partial charge >= 0.3 is 0 Å². The zero-order valence-corrected chi connectivity index (χ0v) is 11.7. The van der Waals surface area contributed by atoms with E-state index in [0.717, 1.165) is 19.6 Å². The third-order valence-electron chi connectivity index (χ3n) is 3.62. The Bertz CT molecular complexity index is 591. The first-order valence-corrected chi connectivity index (χ1v) is 6.78. The smallest absolute Gasteiger partial charge is 0.252 e. The molecule has 0 saturated carbocycles. The van der Waals surface area contributed by atoms with Gasteiger partial charge in [0.2, 0.25) is 5.91 Å². The number of rotatable bonds is 2. The first kappa shape index (κ1) is 13.0. The maximum Gasteiger partial charge on any atom is 0.252 e. The minimum Gasteiger partial charge on any atom is -0.337 e. The summed E-state index contributed by atoms with van der Waals surface area (Å²) in [6.45, 7) is 4.66. The van der Waals surface area contributed by atoms with Crippen molar-refractivity contribution in [2.45, 2.75) is 19.4 Å². The van der Waals surface area contributed by atoms with Gasteiger partial charge in [-0.15, -0.1) is 5.10 Å². The van der Waals surface area contributed by atoms with Crippen LogP contribution in [0.3, 0.4) is 0 Å². The standard InChI is InChI=1S/C13H18N6O/c1-10-9-17(2)6-7-18(10)12(20)8-11-15-13-14-4-3-5-19(13)16-11/h3-5,10H,6-9H2,1-2H3/t10-/m0/s1. The predicted molar refractivity (Wildman–Crippen MR) is 73.2 cm³/mol. The number of fused-ring (bicyclic) bond motifs is 1. The lowest BCUT2D eigenvalue weighted by Crippen LogP contribution is -2.53. The fourth-order valence-corrected chi connectivity index (χ4v) is 2.60. The highest BCUT2D eigenvalue weighted by atomic mass is 16.2. The molecule has 0 aliphatic carbocycles. The Labute approximate surface area is 117 Å². The van der Waals surface area contributed by atoms with Gasteiger partial charge in [-0.1, -0.05) is 0 Å². The number of carbonyl (C=O) groups is 1. The molecule has 0 bridgehead atoms. The number of hydrogen-bond acceptors (Lipinski definition) is 5. The molecule has 2 aromatic heterocycles. The molecule has 1 aliphatic heterocycles. The molecule has 0 N–H and O–H groups in total. The number of amides is 1. The highest BCUT2D eigenvalue weighted by Crippen LogP contribution is 2.10. The Kier molecular flexibility index (Phi) is 3.35. The van der Waals surface area contributed by atoms with Crippen LogP contribution in [-0.4, -0.2) is 68.0 Å². The predicted octanol–water partition coefficient (Wildman–Crippen LogP) is -0.171. The highest BCUT2D eigenvalue weighted by molar-refractivity contribution is 5.78. The van der Waals surface area contributed by atoms with E-state index in [4.69, 9.17) is 0 Å². The van der Waals surface area contributed by atoms with E-state index in [1.807, 2.05) is 4.90 Å². The average molecular weight is 274 g/mol. The molecule has 3 heterocycles. The van der Waals surface area contributed by atoms with Gasteiger partial charge in [0, 0.05) is 38.1 Å². The largest absolute Gasteiger partial charge is 0.337 e. The van der Waals surface area contributed by atoms with Crippen LogP contribution in [0.4, 0.5) is 0 Å². The van der Waals surface area contributed by atoms with E-state index >= 15 is 0 Å². The lowest BCUT2D eigenvalue weighted by Gasteiger charge is -2.38. The molecule has 1 aliphatic rings. The molecule has 0 spiro atoms. The average Bonchev–Trinajstić information content (AvgIpc) is 2.80. The van der Waals surface area contributed by atoms with Crippen molar-refractivity contribution in [1.82, 2.24) is 29.4 Å². The normalized spacial score (nSPS) is 20.5. The molecular weight excluding hydrogens is 256 g/mol. The summed E-state index contributed by atoms with van der Waals surface area (Å²) in [7, 11) is 2.08. The second-order valence-electron chi connectivity index (χ2n) is 5.27. The number of carbonyl (C=O) groups excluding carboxylic acids is 1. The third kappa shape index (κ3) is 2.49. The van der Waals surface area contributed by atoms with Crippen molar-refractivity contribution in [3.05, 3.63) is 24.3 Å². The summed E-state index contributed by atoms with van der Waals surface area (Å²) in [6, 6.07) is 2.02. The van der Waals surface area contributed by atoms with Crippen LogP contribution in [0.2, 0.25) is 0 Å². The molecule has 2 aromatic rings. The van der Waals surface area contributed by atoms with Gasteiger partial charge in [-0.3, -0.25) is 4.79 Å². The maximum atomic E-state index is 12.4. The number of aromatic nitrogens is 4. The molecule has 20 heavy (non-hydrogen) atoms. The Balaban J connectivity index is 1.72. The van der Waals surface area contributed by atoms with E-state index in [1.165, 1.54) is 0 Å². The molecule has 106 valence electrons.